The van der Waals surface area contributed by atoms with E-state index in [2.05, 4.69) is 19.1 Å². The van der Waals surface area contributed by atoms with Gasteiger partial charge < -0.3 is 5.73 Å². The number of rotatable bonds is 10. The SMILES string of the molecule is CCCCCCCC/C=C/CCCN. The first-order valence-corrected chi connectivity index (χ1v) is 6.27. The van der Waals surface area contributed by atoms with E-state index in [1.54, 1.807) is 0 Å². The zero-order valence-corrected chi connectivity index (χ0v) is 9.80. The van der Waals surface area contributed by atoms with Crippen LogP contribution >= 0.6 is 0 Å². The van der Waals surface area contributed by atoms with E-state index < -0.39 is 0 Å². The zero-order valence-electron chi connectivity index (χ0n) is 9.80. The summed E-state index contributed by atoms with van der Waals surface area (Å²) in [4.78, 5) is 0. The minimum atomic E-state index is 0.821. The molecule has 0 atom stereocenters. The van der Waals surface area contributed by atoms with Crippen molar-refractivity contribution in [3.8, 4) is 0 Å². The van der Waals surface area contributed by atoms with Crippen molar-refractivity contribution in [2.75, 3.05) is 6.54 Å². The van der Waals surface area contributed by atoms with Crippen LogP contribution in [0.2, 0.25) is 0 Å². The quantitative estimate of drug-likeness (QED) is 0.415. The smallest absolute Gasteiger partial charge is 0.00743 e. The van der Waals surface area contributed by atoms with Crippen LogP contribution in [0.15, 0.2) is 12.2 Å². The second kappa shape index (κ2) is 12.7. The van der Waals surface area contributed by atoms with E-state index in [9.17, 15) is 0 Å². The van der Waals surface area contributed by atoms with Gasteiger partial charge in [0.15, 0.2) is 0 Å². The van der Waals surface area contributed by atoms with Crippen LogP contribution in [0, 0.1) is 0 Å². The van der Waals surface area contributed by atoms with Crippen LogP contribution in [0.3, 0.4) is 0 Å². The maximum absolute atomic E-state index is 5.40. The average Bonchev–Trinajstić information content (AvgIpc) is 2.21. The molecule has 0 rings (SSSR count). The molecule has 0 amide bonds. The Hall–Kier alpha value is -0.300. The van der Waals surface area contributed by atoms with E-state index in [-0.39, 0.29) is 0 Å². The summed E-state index contributed by atoms with van der Waals surface area (Å²) in [7, 11) is 0. The maximum Gasteiger partial charge on any atom is -0.00743 e. The molecule has 0 spiro atoms. The second-order valence-electron chi connectivity index (χ2n) is 3.96. The summed E-state index contributed by atoms with van der Waals surface area (Å²) >= 11 is 0. The molecular weight excluding hydrogens is 170 g/mol. The van der Waals surface area contributed by atoms with E-state index in [0.29, 0.717) is 0 Å². The lowest BCUT2D eigenvalue weighted by atomic mass is 10.1. The molecule has 0 bridgehead atoms. The Labute approximate surface area is 89.8 Å². The van der Waals surface area contributed by atoms with Gasteiger partial charge in [0.05, 0.1) is 0 Å². The third-order valence-corrected chi connectivity index (χ3v) is 2.47. The summed E-state index contributed by atoms with van der Waals surface area (Å²) < 4.78 is 0. The molecule has 0 radical (unpaired) electrons. The summed E-state index contributed by atoms with van der Waals surface area (Å²) in [6.07, 6.45) is 16.5. The van der Waals surface area contributed by atoms with Gasteiger partial charge in [-0.15, -0.1) is 0 Å². The normalized spacial score (nSPS) is 11.3. The van der Waals surface area contributed by atoms with Crippen molar-refractivity contribution in [3.05, 3.63) is 12.2 Å². The van der Waals surface area contributed by atoms with Gasteiger partial charge in [-0.1, -0.05) is 51.2 Å². The summed E-state index contributed by atoms with van der Waals surface area (Å²) in [5.74, 6) is 0. The van der Waals surface area contributed by atoms with Crippen molar-refractivity contribution in [1.29, 1.82) is 0 Å². The topological polar surface area (TPSA) is 26.0 Å². The summed E-state index contributed by atoms with van der Waals surface area (Å²) in [5, 5.41) is 0. The minimum absolute atomic E-state index is 0.821. The Morgan fingerprint density at radius 3 is 2.00 bits per heavy atom. The Balaban J connectivity index is 2.94. The average molecular weight is 197 g/mol. The van der Waals surface area contributed by atoms with Crippen molar-refractivity contribution < 1.29 is 0 Å². The van der Waals surface area contributed by atoms with Crippen molar-refractivity contribution in [2.24, 2.45) is 5.73 Å². The molecule has 0 saturated heterocycles. The molecule has 0 aliphatic carbocycles. The highest BCUT2D eigenvalue weighted by Gasteiger charge is 1.87. The van der Waals surface area contributed by atoms with Crippen molar-refractivity contribution in [3.63, 3.8) is 0 Å². The predicted molar refractivity (Wildman–Crippen MR) is 65.4 cm³/mol. The first kappa shape index (κ1) is 13.7. The fraction of sp³-hybridized carbons (Fsp3) is 0.846. The lowest BCUT2D eigenvalue weighted by Gasteiger charge is -1.97. The number of hydrogen-bond donors (Lipinski definition) is 1. The molecular formula is C13H27N. The molecule has 0 aromatic heterocycles. The van der Waals surface area contributed by atoms with Gasteiger partial charge in [0.2, 0.25) is 0 Å². The highest BCUT2D eigenvalue weighted by molar-refractivity contribution is 4.81. The summed E-state index contributed by atoms with van der Waals surface area (Å²) in [5.41, 5.74) is 5.40. The molecule has 1 heteroatoms. The second-order valence-corrected chi connectivity index (χ2v) is 3.96. The summed E-state index contributed by atoms with van der Waals surface area (Å²) in [6, 6.07) is 0. The third kappa shape index (κ3) is 11.7. The largest absolute Gasteiger partial charge is 0.330 e. The molecule has 14 heavy (non-hydrogen) atoms. The van der Waals surface area contributed by atoms with Crippen LogP contribution in [0.1, 0.15) is 64.7 Å². The van der Waals surface area contributed by atoms with Gasteiger partial charge in [-0.05, 0) is 32.2 Å². The molecule has 1 nitrogen and oxygen atoms in total. The molecule has 84 valence electrons. The van der Waals surface area contributed by atoms with Gasteiger partial charge >= 0.3 is 0 Å². The number of unbranched alkanes of at least 4 members (excludes halogenated alkanes) is 7. The van der Waals surface area contributed by atoms with Crippen LogP contribution in [-0.2, 0) is 0 Å². The zero-order chi connectivity index (χ0) is 10.5. The fourth-order valence-corrected chi connectivity index (χ4v) is 1.51. The number of hydrogen-bond acceptors (Lipinski definition) is 1. The van der Waals surface area contributed by atoms with Crippen LogP contribution in [-0.4, -0.2) is 6.54 Å². The number of nitrogens with two attached hydrogens (primary N) is 1. The predicted octanol–water partition coefficient (Wildman–Crippen LogP) is 4.03. The minimum Gasteiger partial charge on any atom is -0.330 e. The monoisotopic (exact) mass is 197 g/mol. The van der Waals surface area contributed by atoms with Crippen molar-refractivity contribution in [2.45, 2.75) is 64.7 Å². The van der Waals surface area contributed by atoms with Crippen LogP contribution < -0.4 is 5.73 Å². The van der Waals surface area contributed by atoms with Gasteiger partial charge in [-0.2, -0.15) is 0 Å². The standard InChI is InChI=1S/C13H27N/c1-2-3-4-5-6-7-8-9-10-11-12-13-14/h9-10H,2-8,11-14H2,1H3/b10-9+. The van der Waals surface area contributed by atoms with Gasteiger partial charge in [0.1, 0.15) is 0 Å². The van der Waals surface area contributed by atoms with Gasteiger partial charge in [-0.3, -0.25) is 0 Å². The molecule has 0 aliphatic heterocycles. The number of allylic oxidation sites excluding steroid dienone is 2. The van der Waals surface area contributed by atoms with Crippen LogP contribution in [0.25, 0.3) is 0 Å². The molecule has 0 saturated carbocycles. The third-order valence-electron chi connectivity index (χ3n) is 2.47. The lowest BCUT2D eigenvalue weighted by molar-refractivity contribution is 0.611. The Bertz CT molecular complexity index is 118. The molecule has 0 aromatic carbocycles. The van der Waals surface area contributed by atoms with E-state index in [4.69, 9.17) is 5.73 Å². The van der Waals surface area contributed by atoms with E-state index in [0.717, 1.165) is 19.4 Å². The lowest BCUT2D eigenvalue weighted by Crippen LogP contribution is -1.96. The maximum atomic E-state index is 5.40. The Morgan fingerprint density at radius 1 is 0.786 bits per heavy atom. The van der Waals surface area contributed by atoms with Crippen molar-refractivity contribution in [1.82, 2.24) is 0 Å². The van der Waals surface area contributed by atoms with Gasteiger partial charge in [0, 0.05) is 0 Å². The highest BCUT2D eigenvalue weighted by atomic mass is 14.5. The van der Waals surface area contributed by atoms with Crippen LogP contribution in [0.4, 0.5) is 0 Å². The molecule has 2 N–H and O–H groups in total. The van der Waals surface area contributed by atoms with Gasteiger partial charge in [-0.25, -0.2) is 0 Å². The first-order chi connectivity index (χ1) is 6.91. The molecule has 0 aromatic rings. The molecule has 0 fully saturated rings. The Kier molecular flexibility index (Phi) is 12.4. The first-order valence-electron chi connectivity index (χ1n) is 6.27. The van der Waals surface area contributed by atoms with E-state index in [1.165, 1.54) is 44.9 Å². The van der Waals surface area contributed by atoms with E-state index >= 15 is 0 Å². The van der Waals surface area contributed by atoms with E-state index in [1.807, 2.05) is 0 Å². The van der Waals surface area contributed by atoms with Gasteiger partial charge in [0.25, 0.3) is 0 Å². The summed E-state index contributed by atoms with van der Waals surface area (Å²) in [6.45, 7) is 3.08. The molecule has 0 unspecified atom stereocenters. The fourth-order valence-electron chi connectivity index (χ4n) is 1.51. The van der Waals surface area contributed by atoms with Crippen molar-refractivity contribution >= 4 is 0 Å². The molecule has 0 aliphatic rings. The van der Waals surface area contributed by atoms with Crippen LogP contribution in [0.5, 0.6) is 0 Å². The Morgan fingerprint density at radius 2 is 1.36 bits per heavy atom. The molecule has 0 heterocycles. The highest BCUT2D eigenvalue weighted by Crippen LogP contribution is 2.07.